The number of sulfone groups is 1. The first kappa shape index (κ1) is 12.8. The highest BCUT2D eigenvalue weighted by atomic mass is 32.2. The van der Waals surface area contributed by atoms with Gasteiger partial charge in [-0.15, -0.1) is 0 Å². The molecule has 18 heavy (non-hydrogen) atoms. The molecule has 1 heterocycles. The molecule has 0 unspecified atom stereocenters. The van der Waals surface area contributed by atoms with Gasteiger partial charge in [-0.1, -0.05) is 18.2 Å². The van der Waals surface area contributed by atoms with Gasteiger partial charge >= 0.3 is 0 Å². The van der Waals surface area contributed by atoms with Crippen molar-refractivity contribution < 1.29 is 17.6 Å². The van der Waals surface area contributed by atoms with Gasteiger partial charge in [0, 0.05) is 18.1 Å². The van der Waals surface area contributed by atoms with Crippen LogP contribution in [0.5, 0.6) is 0 Å². The van der Waals surface area contributed by atoms with Crippen molar-refractivity contribution >= 4 is 26.6 Å². The third kappa shape index (κ3) is 2.98. The molecule has 0 radical (unpaired) electrons. The van der Waals surface area contributed by atoms with E-state index in [4.69, 9.17) is 4.42 Å². The number of Topliss-reactive ketones (excluding diaryl/α,β-unsaturated/α-hetero) is 1. The molecule has 0 spiro atoms. The molecular formula is C13H14O4S. The molecular weight excluding hydrogens is 252 g/mol. The predicted octanol–water partition coefficient (Wildman–Crippen LogP) is 2.44. The molecule has 0 atom stereocenters. The van der Waals surface area contributed by atoms with Gasteiger partial charge in [-0.3, -0.25) is 4.79 Å². The van der Waals surface area contributed by atoms with Gasteiger partial charge in [0.05, 0.1) is 11.3 Å². The van der Waals surface area contributed by atoms with Crippen molar-refractivity contribution in [2.75, 3.05) is 12.0 Å². The third-order valence-electron chi connectivity index (χ3n) is 2.70. The zero-order valence-electron chi connectivity index (χ0n) is 10.0. The molecule has 2 aromatic rings. The number of rotatable bonds is 5. The second-order valence-electron chi connectivity index (χ2n) is 4.30. The molecule has 0 fully saturated rings. The van der Waals surface area contributed by atoms with E-state index in [1.54, 1.807) is 6.07 Å². The zero-order valence-corrected chi connectivity index (χ0v) is 10.9. The van der Waals surface area contributed by atoms with Crippen molar-refractivity contribution in [1.29, 1.82) is 0 Å². The number of carbonyl (C=O) groups excluding carboxylic acids is 1. The number of hydrogen-bond acceptors (Lipinski definition) is 4. The molecule has 5 heteroatoms. The monoisotopic (exact) mass is 266 g/mol. The van der Waals surface area contributed by atoms with Gasteiger partial charge in [0.25, 0.3) is 0 Å². The largest absolute Gasteiger partial charge is 0.464 e. The second kappa shape index (κ2) is 4.94. The van der Waals surface area contributed by atoms with E-state index in [9.17, 15) is 13.2 Å². The Morgan fingerprint density at radius 1 is 1.28 bits per heavy atom. The Labute approximate surface area is 106 Å². The van der Waals surface area contributed by atoms with Crippen molar-refractivity contribution in [3.8, 4) is 0 Å². The fourth-order valence-corrected chi connectivity index (χ4v) is 2.49. The van der Waals surface area contributed by atoms with Crippen LogP contribution in [0.25, 0.3) is 11.0 Å². The van der Waals surface area contributed by atoms with Gasteiger partial charge < -0.3 is 4.42 Å². The molecule has 1 aromatic heterocycles. The van der Waals surface area contributed by atoms with Crippen LogP contribution in [-0.4, -0.2) is 26.2 Å². The lowest BCUT2D eigenvalue weighted by molar-refractivity contribution is 0.0983. The van der Waals surface area contributed by atoms with Crippen LogP contribution in [0.15, 0.2) is 34.9 Å². The Morgan fingerprint density at radius 3 is 2.72 bits per heavy atom. The predicted molar refractivity (Wildman–Crippen MR) is 69.5 cm³/mol. The summed E-state index contributed by atoms with van der Waals surface area (Å²) in [7, 11) is -3.01. The Kier molecular flexibility index (Phi) is 3.52. The number of para-hydroxylation sites is 1. The molecule has 0 aliphatic carbocycles. The van der Waals surface area contributed by atoms with E-state index in [-0.39, 0.29) is 18.0 Å². The van der Waals surface area contributed by atoms with Crippen LogP contribution < -0.4 is 0 Å². The second-order valence-corrected chi connectivity index (χ2v) is 6.56. The van der Waals surface area contributed by atoms with E-state index in [0.717, 1.165) is 5.39 Å². The third-order valence-corrected chi connectivity index (χ3v) is 3.73. The van der Waals surface area contributed by atoms with E-state index in [1.165, 1.54) is 12.5 Å². The standard InChI is InChI=1S/C13H14O4S/c1-18(15,16)8-4-6-12(14)11-9-17-13-7-3-2-5-10(11)13/h2-3,5,7,9H,4,6,8H2,1H3. The molecule has 2 rings (SSSR count). The minimum absolute atomic E-state index is 0.0362. The topological polar surface area (TPSA) is 64.3 Å². The van der Waals surface area contributed by atoms with E-state index in [1.807, 2.05) is 18.2 Å². The van der Waals surface area contributed by atoms with Crippen LogP contribution in [0.3, 0.4) is 0 Å². The summed E-state index contributed by atoms with van der Waals surface area (Å²) in [6.45, 7) is 0. The molecule has 0 saturated carbocycles. The Morgan fingerprint density at radius 2 is 2.00 bits per heavy atom. The minimum atomic E-state index is -3.01. The number of furan rings is 1. The summed E-state index contributed by atoms with van der Waals surface area (Å²) in [5, 5.41) is 0.779. The Balaban J connectivity index is 2.10. The summed E-state index contributed by atoms with van der Waals surface area (Å²) >= 11 is 0. The fourth-order valence-electron chi connectivity index (χ4n) is 1.82. The molecule has 0 aliphatic rings. The molecule has 0 bridgehead atoms. The first-order valence-electron chi connectivity index (χ1n) is 5.64. The molecule has 96 valence electrons. The first-order valence-corrected chi connectivity index (χ1v) is 7.70. The van der Waals surface area contributed by atoms with Gasteiger partial charge in [0.2, 0.25) is 0 Å². The molecule has 1 aromatic carbocycles. The van der Waals surface area contributed by atoms with Crippen LogP contribution in [-0.2, 0) is 9.84 Å². The zero-order chi connectivity index (χ0) is 13.2. The van der Waals surface area contributed by atoms with Crippen LogP contribution in [0.1, 0.15) is 23.2 Å². The summed E-state index contributed by atoms with van der Waals surface area (Å²) in [4.78, 5) is 12.0. The normalized spacial score (nSPS) is 11.8. The lowest BCUT2D eigenvalue weighted by Crippen LogP contribution is -2.06. The van der Waals surface area contributed by atoms with Crippen molar-refractivity contribution in [1.82, 2.24) is 0 Å². The maximum Gasteiger partial charge on any atom is 0.166 e. The van der Waals surface area contributed by atoms with Gasteiger partial charge in [-0.25, -0.2) is 8.42 Å². The molecule has 4 nitrogen and oxygen atoms in total. The van der Waals surface area contributed by atoms with E-state index in [2.05, 4.69) is 0 Å². The van der Waals surface area contributed by atoms with Crippen LogP contribution in [0.2, 0.25) is 0 Å². The minimum Gasteiger partial charge on any atom is -0.464 e. The van der Waals surface area contributed by atoms with Gasteiger partial charge in [-0.2, -0.15) is 0 Å². The molecule has 0 N–H and O–H groups in total. The number of ketones is 1. The summed E-state index contributed by atoms with van der Waals surface area (Å²) < 4.78 is 27.2. The summed E-state index contributed by atoms with van der Waals surface area (Å²) in [5.74, 6) is -0.0438. The summed E-state index contributed by atoms with van der Waals surface area (Å²) in [5.41, 5.74) is 1.20. The maximum atomic E-state index is 12.0. The highest BCUT2D eigenvalue weighted by Gasteiger charge is 2.13. The Bertz CT molecular complexity index is 667. The molecule has 0 aliphatic heterocycles. The number of benzene rings is 1. The van der Waals surface area contributed by atoms with Crippen molar-refractivity contribution in [2.45, 2.75) is 12.8 Å². The lowest BCUT2D eigenvalue weighted by atomic mass is 10.1. The highest BCUT2D eigenvalue weighted by Crippen LogP contribution is 2.22. The Hall–Kier alpha value is -1.62. The maximum absolute atomic E-state index is 12.0. The average Bonchev–Trinajstić information content (AvgIpc) is 2.70. The van der Waals surface area contributed by atoms with Crippen molar-refractivity contribution in [2.24, 2.45) is 0 Å². The highest BCUT2D eigenvalue weighted by molar-refractivity contribution is 7.90. The average molecular weight is 266 g/mol. The number of hydrogen-bond donors (Lipinski definition) is 0. The quantitative estimate of drug-likeness (QED) is 0.780. The first-order chi connectivity index (χ1) is 8.47. The lowest BCUT2D eigenvalue weighted by Gasteiger charge is -1.98. The van der Waals surface area contributed by atoms with E-state index in [0.29, 0.717) is 17.6 Å². The molecule has 0 amide bonds. The van der Waals surface area contributed by atoms with E-state index < -0.39 is 9.84 Å². The van der Waals surface area contributed by atoms with Crippen molar-refractivity contribution in [3.63, 3.8) is 0 Å². The van der Waals surface area contributed by atoms with Gasteiger partial charge in [-0.05, 0) is 12.5 Å². The van der Waals surface area contributed by atoms with Crippen LogP contribution >= 0.6 is 0 Å². The smallest absolute Gasteiger partial charge is 0.166 e. The van der Waals surface area contributed by atoms with E-state index >= 15 is 0 Å². The summed E-state index contributed by atoms with van der Waals surface area (Å²) in [6.07, 6.45) is 3.17. The van der Waals surface area contributed by atoms with Crippen molar-refractivity contribution in [3.05, 3.63) is 36.1 Å². The van der Waals surface area contributed by atoms with Gasteiger partial charge in [0.1, 0.15) is 21.7 Å². The number of fused-ring (bicyclic) bond motifs is 1. The SMILES string of the molecule is CS(=O)(=O)CCCC(=O)c1coc2ccccc12. The van der Waals surface area contributed by atoms with Crippen LogP contribution in [0, 0.1) is 0 Å². The summed E-state index contributed by atoms with van der Waals surface area (Å²) in [6, 6.07) is 7.29. The molecule has 0 saturated heterocycles. The fraction of sp³-hybridized carbons (Fsp3) is 0.308. The number of carbonyl (C=O) groups is 1. The van der Waals surface area contributed by atoms with Crippen LogP contribution in [0.4, 0.5) is 0 Å². The van der Waals surface area contributed by atoms with Gasteiger partial charge in [0.15, 0.2) is 5.78 Å².